The molecule has 1 heterocycles. The molecule has 0 aliphatic heterocycles. The zero-order chi connectivity index (χ0) is 23.5. The maximum atomic E-state index is 14.1. The van der Waals surface area contributed by atoms with Crippen molar-refractivity contribution < 1.29 is 9.18 Å². The van der Waals surface area contributed by atoms with Crippen molar-refractivity contribution in [2.75, 3.05) is 11.1 Å². The van der Waals surface area contributed by atoms with Crippen molar-refractivity contribution in [1.82, 2.24) is 9.55 Å². The molecule has 4 rings (SSSR count). The predicted octanol–water partition coefficient (Wildman–Crippen LogP) is 5.69. The lowest BCUT2D eigenvalue weighted by atomic mass is 10.0. The summed E-state index contributed by atoms with van der Waals surface area (Å²) >= 11 is 1.15. The van der Waals surface area contributed by atoms with Gasteiger partial charge in [-0.1, -0.05) is 62.0 Å². The van der Waals surface area contributed by atoms with Crippen molar-refractivity contribution in [3.8, 4) is 5.69 Å². The maximum Gasteiger partial charge on any atom is 0.266 e. The number of amides is 1. The summed E-state index contributed by atoms with van der Waals surface area (Å²) in [6.07, 6.45) is 0. The molecule has 0 aliphatic carbocycles. The molecule has 0 spiro atoms. The summed E-state index contributed by atoms with van der Waals surface area (Å²) in [6.45, 7) is 5.91. The first-order chi connectivity index (χ1) is 15.8. The first-order valence-electron chi connectivity index (χ1n) is 10.6. The van der Waals surface area contributed by atoms with Crippen molar-refractivity contribution in [2.45, 2.75) is 31.8 Å². The first kappa shape index (κ1) is 22.7. The number of aryl methyl sites for hydroxylation is 1. The second-order valence-electron chi connectivity index (χ2n) is 8.09. The average Bonchev–Trinajstić information content (AvgIpc) is 2.79. The van der Waals surface area contributed by atoms with Crippen LogP contribution < -0.4 is 10.9 Å². The fourth-order valence-electron chi connectivity index (χ4n) is 3.64. The number of anilines is 1. The van der Waals surface area contributed by atoms with Crippen LogP contribution in [-0.2, 0) is 4.79 Å². The number of fused-ring (bicyclic) bond motifs is 1. The molecule has 7 heteroatoms. The summed E-state index contributed by atoms with van der Waals surface area (Å²) < 4.78 is 15.7. The van der Waals surface area contributed by atoms with Gasteiger partial charge in [-0.05, 0) is 54.3 Å². The van der Waals surface area contributed by atoms with E-state index in [1.807, 2.05) is 30.3 Å². The Hall–Kier alpha value is -3.45. The largest absolute Gasteiger partial charge is 0.323 e. The van der Waals surface area contributed by atoms with Crippen LogP contribution in [0.15, 0.2) is 76.7 Å². The zero-order valence-electron chi connectivity index (χ0n) is 18.6. The van der Waals surface area contributed by atoms with Crippen LogP contribution in [0.5, 0.6) is 0 Å². The number of nitrogens with one attached hydrogen (secondary N) is 1. The molecule has 33 heavy (non-hydrogen) atoms. The lowest BCUT2D eigenvalue weighted by molar-refractivity contribution is -0.113. The first-order valence-corrected chi connectivity index (χ1v) is 11.6. The van der Waals surface area contributed by atoms with Crippen LogP contribution in [0.1, 0.15) is 30.9 Å². The third-order valence-electron chi connectivity index (χ3n) is 5.28. The summed E-state index contributed by atoms with van der Waals surface area (Å²) in [4.78, 5) is 30.8. The molecule has 168 valence electrons. The minimum absolute atomic E-state index is 0.0259. The topological polar surface area (TPSA) is 64.0 Å². The van der Waals surface area contributed by atoms with Gasteiger partial charge in [-0.2, -0.15) is 0 Å². The van der Waals surface area contributed by atoms with E-state index in [4.69, 9.17) is 4.98 Å². The highest BCUT2D eigenvalue weighted by Gasteiger charge is 2.18. The van der Waals surface area contributed by atoms with Crippen LogP contribution >= 0.6 is 11.8 Å². The number of benzene rings is 3. The van der Waals surface area contributed by atoms with E-state index in [0.717, 1.165) is 28.6 Å². The number of halogens is 1. The van der Waals surface area contributed by atoms with Crippen LogP contribution in [0.3, 0.4) is 0 Å². The fourth-order valence-corrected chi connectivity index (χ4v) is 4.44. The van der Waals surface area contributed by atoms with E-state index in [0.29, 0.717) is 16.1 Å². The van der Waals surface area contributed by atoms with Crippen molar-refractivity contribution in [2.24, 2.45) is 0 Å². The van der Waals surface area contributed by atoms with Gasteiger partial charge in [0.25, 0.3) is 5.56 Å². The van der Waals surface area contributed by atoms with Crippen molar-refractivity contribution in [3.63, 3.8) is 0 Å². The highest BCUT2D eigenvalue weighted by atomic mass is 32.2. The van der Waals surface area contributed by atoms with Crippen LogP contribution in [0.25, 0.3) is 16.6 Å². The van der Waals surface area contributed by atoms with Gasteiger partial charge in [0.05, 0.1) is 28.0 Å². The van der Waals surface area contributed by atoms with Crippen LogP contribution in [0.4, 0.5) is 10.1 Å². The highest BCUT2D eigenvalue weighted by molar-refractivity contribution is 7.99. The molecule has 0 bridgehead atoms. The Balaban J connectivity index is 1.72. The van der Waals surface area contributed by atoms with Gasteiger partial charge in [-0.25, -0.2) is 9.37 Å². The van der Waals surface area contributed by atoms with Gasteiger partial charge in [-0.15, -0.1) is 0 Å². The molecule has 0 radical (unpaired) electrons. The third-order valence-corrected chi connectivity index (χ3v) is 6.21. The standard InChI is InChI=1S/C26H24FN3O2S/c1-16(2)18-8-5-7-11-23(18)30-25(32)19-9-4-6-10-21(19)29-26(30)33-15-24(31)28-22-13-12-17(3)14-20(22)27/h4-14,16H,15H2,1-3H3,(H,28,31). The molecule has 0 fully saturated rings. The molecule has 5 nitrogen and oxygen atoms in total. The number of aromatic nitrogens is 2. The van der Waals surface area contributed by atoms with Crippen molar-refractivity contribution >= 4 is 34.3 Å². The molecule has 1 N–H and O–H groups in total. The quantitative estimate of drug-likeness (QED) is 0.296. The van der Waals surface area contributed by atoms with Gasteiger partial charge in [0.2, 0.25) is 5.91 Å². The van der Waals surface area contributed by atoms with E-state index in [-0.39, 0.29) is 28.8 Å². The van der Waals surface area contributed by atoms with Gasteiger partial charge < -0.3 is 5.32 Å². The van der Waals surface area contributed by atoms with Gasteiger partial charge in [0.1, 0.15) is 5.82 Å². The monoisotopic (exact) mass is 461 g/mol. The molecular formula is C26H24FN3O2S. The predicted molar refractivity (Wildman–Crippen MR) is 132 cm³/mol. The number of para-hydroxylation sites is 2. The highest BCUT2D eigenvalue weighted by Crippen LogP contribution is 2.27. The van der Waals surface area contributed by atoms with Gasteiger partial charge >= 0.3 is 0 Å². The number of carbonyl (C=O) groups excluding carboxylic acids is 1. The van der Waals surface area contributed by atoms with Gasteiger partial charge in [0, 0.05) is 0 Å². The number of hydrogen-bond acceptors (Lipinski definition) is 4. The molecule has 0 saturated carbocycles. The fraction of sp³-hybridized carbons (Fsp3) is 0.192. The molecule has 4 aromatic rings. The lowest BCUT2D eigenvalue weighted by Gasteiger charge is -2.18. The molecule has 0 saturated heterocycles. The molecular weight excluding hydrogens is 437 g/mol. The Bertz CT molecular complexity index is 1400. The van der Waals surface area contributed by atoms with Crippen molar-refractivity contribution in [1.29, 1.82) is 0 Å². The SMILES string of the molecule is Cc1ccc(NC(=O)CSc2nc3ccccc3c(=O)n2-c2ccccc2C(C)C)c(F)c1. The lowest BCUT2D eigenvalue weighted by Crippen LogP contribution is -2.24. The van der Waals surface area contributed by atoms with Crippen LogP contribution in [0.2, 0.25) is 0 Å². The summed E-state index contributed by atoms with van der Waals surface area (Å²) in [6, 6.07) is 19.5. The Kier molecular flexibility index (Phi) is 6.60. The van der Waals surface area contributed by atoms with E-state index in [1.165, 1.54) is 12.1 Å². The van der Waals surface area contributed by atoms with E-state index in [9.17, 15) is 14.0 Å². The summed E-state index contributed by atoms with van der Waals surface area (Å²) in [5.74, 6) is -0.707. The number of thioether (sulfide) groups is 1. The second-order valence-corrected chi connectivity index (χ2v) is 9.03. The van der Waals surface area contributed by atoms with Crippen LogP contribution in [0, 0.1) is 12.7 Å². The molecule has 0 atom stereocenters. The molecule has 0 aliphatic rings. The number of hydrogen-bond donors (Lipinski definition) is 1. The number of rotatable bonds is 6. The van der Waals surface area contributed by atoms with E-state index in [1.54, 1.807) is 35.8 Å². The molecule has 1 aromatic heterocycles. The van der Waals surface area contributed by atoms with E-state index < -0.39 is 5.82 Å². The Morgan fingerprint density at radius 3 is 2.58 bits per heavy atom. The Morgan fingerprint density at radius 2 is 1.82 bits per heavy atom. The molecule has 0 unspecified atom stereocenters. The van der Waals surface area contributed by atoms with E-state index in [2.05, 4.69) is 19.2 Å². The van der Waals surface area contributed by atoms with Crippen LogP contribution in [-0.4, -0.2) is 21.2 Å². The minimum Gasteiger partial charge on any atom is -0.323 e. The summed E-state index contributed by atoms with van der Waals surface area (Å²) in [5.41, 5.74) is 3.01. The second kappa shape index (κ2) is 9.58. The van der Waals surface area contributed by atoms with Crippen molar-refractivity contribution in [3.05, 3.63) is 94.0 Å². The minimum atomic E-state index is -0.486. The Morgan fingerprint density at radius 1 is 1.09 bits per heavy atom. The average molecular weight is 462 g/mol. The summed E-state index contributed by atoms with van der Waals surface area (Å²) in [7, 11) is 0. The zero-order valence-corrected chi connectivity index (χ0v) is 19.4. The summed E-state index contributed by atoms with van der Waals surface area (Å²) in [5, 5.41) is 3.51. The maximum absolute atomic E-state index is 14.1. The smallest absolute Gasteiger partial charge is 0.266 e. The van der Waals surface area contributed by atoms with E-state index >= 15 is 0 Å². The molecule has 1 amide bonds. The third kappa shape index (κ3) is 4.83. The Labute approximate surface area is 195 Å². The normalized spacial score (nSPS) is 11.2. The number of nitrogens with zero attached hydrogens (tertiary/aromatic N) is 2. The van der Waals surface area contributed by atoms with Gasteiger partial charge in [-0.3, -0.25) is 14.2 Å². The number of carbonyl (C=O) groups is 1. The molecule has 3 aromatic carbocycles. The van der Waals surface area contributed by atoms with Gasteiger partial charge in [0.15, 0.2) is 5.16 Å².